The van der Waals surface area contributed by atoms with Crippen molar-refractivity contribution in [1.29, 1.82) is 0 Å². The SMILES string of the molecule is NNC(=O)CCOc1cc(Br)cc([N+](=O)[O-])c1. The summed E-state index contributed by atoms with van der Waals surface area (Å²) in [4.78, 5) is 20.9. The molecular weight excluding hydrogens is 294 g/mol. The molecule has 0 heterocycles. The van der Waals surface area contributed by atoms with Crippen LogP contribution in [0.2, 0.25) is 0 Å². The minimum atomic E-state index is -0.524. The molecule has 0 spiro atoms. The summed E-state index contributed by atoms with van der Waals surface area (Å²) >= 11 is 3.13. The summed E-state index contributed by atoms with van der Waals surface area (Å²) in [5.74, 6) is 4.84. The zero-order valence-corrected chi connectivity index (χ0v) is 10.3. The van der Waals surface area contributed by atoms with Gasteiger partial charge in [0.05, 0.1) is 24.0 Å². The molecule has 0 aliphatic carbocycles. The number of nitrogens with one attached hydrogen (secondary N) is 1. The van der Waals surface area contributed by atoms with Gasteiger partial charge in [-0.05, 0) is 6.07 Å². The largest absolute Gasteiger partial charge is 0.493 e. The Morgan fingerprint density at radius 2 is 2.24 bits per heavy atom. The van der Waals surface area contributed by atoms with Crippen LogP contribution in [-0.4, -0.2) is 17.4 Å². The number of non-ortho nitro benzene ring substituents is 1. The summed E-state index contributed by atoms with van der Waals surface area (Å²) in [7, 11) is 0. The van der Waals surface area contributed by atoms with Gasteiger partial charge in [-0.2, -0.15) is 0 Å². The van der Waals surface area contributed by atoms with E-state index in [1.165, 1.54) is 12.1 Å². The van der Waals surface area contributed by atoms with Crippen LogP contribution in [0.5, 0.6) is 5.75 Å². The number of amides is 1. The third-order valence-corrected chi connectivity index (χ3v) is 2.28. The summed E-state index contributed by atoms with van der Waals surface area (Å²) in [5, 5.41) is 10.6. The lowest BCUT2D eigenvalue weighted by Crippen LogP contribution is -2.31. The molecule has 8 heteroatoms. The Hall–Kier alpha value is -1.67. The second kappa shape index (κ2) is 6.16. The lowest BCUT2D eigenvalue weighted by Gasteiger charge is -2.05. The third-order valence-electron chi connectivity index (χ3n) is 1.83. The van der Waals surface area contributed by atoms with Crippen molar-refractivity contribution >= 4 is 27.5 Å². The minimum absolute atomic E-state index is 0.0802. The molecule has 1 aromatic rings. The number of carbonyl (C=O) groups is 1. The number of rotatable bonds is 5. The number of nitro groups is 1. The van der Waals surface area contributed by atoms with Crippen molar-refractivity contribution in [2.75, 3.05) is 6.61 Å². The van der Waals surface area contributed by atoms with Crippen molar-refractivity contribution in [3.05, 3.63) is 32.8 Å². The first-order valence-corrected chi connectivity index (χ1v) is 5.39. The quantitative estimate of drug-likeness (QED) is 0.367. The molecule has 0 saturated heterocycles. The molecule has 92 valence electrons. The molecule has 0 radical (unpaired) electrons. The predicted octanol–water partition coefficient (Wildman–Crippen LogP) is 1.12. The maximum absolute atomic E-state index is 10.8. The van der Waals surface area contributed by atoms with E-state index in [0.29, 0.717) is 10.2 Å². The third kappa shape index (κ3) is 4.37. The smallest absolute Gasteiger partial charge is 0.274 e. The molecule has 0 aliphatic heterocycles. The molecular formula is C9H10BrN3O4. The molecule has 0 aromatic heterocycles. The Morgan fingerprint density at radius 3 is 2.82 bits per heavy atom. The highest BCUT2D eigenvalue weighted by Crippen LogP contribution is 2.26. The van der Waals surface area contributed by atoms with Crippen molar-refractivity contribution in [1.82, 2.24) is 5.43 Å². The van der Waals surface area contributed by atoms with Gasteiger partial charge in [-0.15, -0.1) is 0 Å². The number of halogens is 1. The van der Waals surface area contributed by atoms with E-state index in [9.17, 15) is 14.9 Å². The number of nitrogens with zero attached hydrogens (tertiary/aromatic N) is 1. The summed E-state index contributed by atoms with van der Waals surface area (Å²) < 4.78 is 5.73. The fraction of sp³-hybridized carbons (Fsp3) is 0.222. The Labute approximate surface area is 105 Å². The van der Waals surface area contributed by atoms with Crippen molar-refractivity contribution in [2.45, 2.75) is 6.42 Å². The number of nitrogens with two attached hydrogens (primary N) is 1. The highest BCUT2D eigenvalue weighted by molar-refractivity contribution is 9.10. The van der Waals surface area contributed by atoms with E-state index in [0.717, 1.165) is 0 Å². The predicted molar refractivity (Wildman–Crippen MR) is 63.2 cm³/mol. The second-order valence-electron chi connectivity index (χ2n) is 3.07. The van der Waals surface area contributed by atoms with Crippen LogP contribution >= 0.6 is 15.9 Å². The zero-order chi connectivity index (χ0) is 12.8. The number of ether oxygens (including phenoxy) is 1. The first kappa shape index (κ1) is 13.4. The topological polar surface area (TPSA) is 107 Å². The molecule has 7 nitrogen and oxygen atoms in total. The van der Waals surface area contributed by atoms with Crippen molar-refractivity contribution in [2.24, 2.45) is 5.84 Å². The van der Waals surface area contributed by atoms with E-state index in [-0.39, 0.29) is 24.6 Å². The molecule has 0 bridgehead atoms. The molecule has 0 fully saturated rings. The maximum Gasteiger partial charge on any atom is 0.274 e. The van der Waals surface area contributed by atoms with E-state index in [1.54, 1.807) is 6.07 Å². The lowest BCUT2D eigenvalue weighted by atomic mass is 10.3. The molecule has 1 rings (SSSR count). The summed E-state index contributed by atoms with van der Waals surface area (Å²) in [6.07, 6.45) is 0.0802. The van der Waals surface area contributed by atoms with Crippen LogP contribution in [0.25, 0.3) is 0 Å². The standard InChI is InChI=1S/C9H10BrN3O4/c10-6-3-7(13(15)16)5-8(4-6)17-2-1-9(14)12-11/h3-5H,1-2,11H2,(H,12,14). The monoisotopic (exact) mass is 303 g/mol. The van der Waals surface area contributed by atoms with Gasteiger partial charge < -0.3 is 4.74 Å². The van der Waals surface area contributed by atoms with Crippen molar-refractivity contribution in [3.63, 3.8) is 0 Å². The van der Waals surface area contributed by atoms with Crippen LogP contribution in [0, 0.1) is 10.1 Å². The fourth-order valence-corrected chi connectivity index (χ4v) is 1.53. The number of benzene rings is 1. The zero-order valence-electron chi connectivity index (χ0n) is 8.68. The maximum atomic E-state index is 10.8. The molecule has 3 N–H and O–H groups in total. The number of nitro benzene ring substituents is 1. The highest BCUT2D eigenvalue weighted by Gasteiger charge is 2.09. The van der Waals surface area contributed by atoms with Crippen molar-refractivity contribution < 1.29 is 14.5 Å². The van der Waals surface area contributed by atoms with Crippen LogP contribution in [-0.2, 0) is 4.79 Å². The molecule has 0 saturated carbocycles. The number of hydrogen-bond acceptors (Lipinski definition) is 5. The average Bonchev–Trinajstić information content (AvgIpc) is 2.28. The van der Waals surface area contributed by atoms with Gasteiger partial charge >= 0.3 is 0 Å². The van der Waals surface area contributed by atoms with E-state index in [1.807, 2.05) is 5.43 Å². The molecule has 1 amide bonds. The molecule has 0 aliphatic rings. The van der Waals surface area contributed by atoms with Crippen LogP contribution in [0.3, 0.4) is 0 Å². The number of hydrogen-bond donors (Lipinski definition) is 2. The lowest BCUT2D eigenvalue weighted by molar-refractivity contribution is -0.385. The van der Waals surface area contributed by atoms with Gasteiger partial charge in [-0.3, -0.25) is 20.3 Å². The molecule has 17 heavy (non-hydrogen) atoms. The van der Waals surface area contributed by atoms with Gasteiger partial charge in [0.15, 0.2) is 0 Å². The van der Waals surface area contributed by atoms with Crippen LogP contribution in [0.15, 0.2) is 22.7 Å². The highest BCUT2D eigenvalue weighted by atomic mass is 79.9. The fourth-order valence-electron chi connectivity index (χ4n) is 1.07. The van der Waals surface area contributed by atoms with Gasteiger partial charge in [-0.1, -0.05) is 15.9 Å². The van der Waals surface area contributed by atoms with Crippen LogP contribution in [0.4, 0.5) is 5.69 Å². The normalized spacial score (nSPS) is 9.76. The summed E-state index contributed by atoms with van der Waals surface area (Å²) in [6.45, 7) is 0.0939. The molecule has 0 unspecified atom stereocenters. The summed E-state index contributed by atoms with van der Waals surface area (Å²) in [5.41, 5.74) is 1.87. The number of hydrazine groups is 1. The van der Waals surface area contributed by atoms with Crippen molar-refractivity contribution in [3.8, 4) is 5.75 Å². The Balaban J connectivity index is 2.65. The second-order valence-corrected chi connectivity index (χ2v) is 3.98. The van der Waals surface area contributed by atoms with Crippen LogP contribution in [0.1, 0.15) is 6.42 Å². The first-order chi connectivity index (χ1) is 8.02. The summed E-state index contributed by atoms with van der Waals surface area (Å²) in [6, 6.07) is 4.22. The van der Waals surface area contributed by atoms with Gasteiger partial charge in [0.25, 0.3) is 5.69 Å². The van der Waals surface area contributed by atoms with Gasteiger partial charge in [0.2, 0.25) is 5.91 Å². The van der Waals surface area contributed by atoms with Gasteiger partial charge in [-0.25, -0.2) is 5.84 Å². The Bertz CT molecular complexity index is 438. The van der Waals surface area contributed by atoms with E-state index in [4.69, 9.17) is 10.6 Å². The minimum Gasteiger partial charge on any atom is -0.493 e. The van der Waals surface area contributed by atoms with Crippen LogP contribution < -0.4 is 16.0 Å². The van der Waals surface area contributed by atoms with E-state index >= 15 is 0 Å². The van der Waals surface area contributed by atoms with E-state index in [2.05, 4.69) is 15.9 Å². The average molecular weight is 304 g/mol. The Kier molecular flexibility index (Phi) is 4.85. The molecule has 1 aromatic carbocycles. The first-order valence-electron chi connectivity index (χ1n) is 4.60. The van der Waals surface area contributed by atoms with Gasteiger partial charge in [0, 0.05) is 10.5 Å². The Morgan fingerprint density at radius 1 is 1.53 bits per heavy atom. The molecule has 0 atom stereocenters. The number of carbonyl (C=O) groups excluding carboxylic acids is 1. The van der Waals surface area contributed by atoms with E-state index < -0.39 is 4.92 Å². The van der Waals surface area contributed by atoms with Gasteiger partial charge in [0.1, 0.15) is 5.75 Å².